The summed E-state index contributed by atoms with van der Waals surface area (Å²) in [6.45, 7) is 10.1. The summed E-state index contributed by atoms with van der Waals surface area (Å²) in [5.74, 6) is 1.00. The van der Waals surface area contributed by atoms with E-state index in [1.165, 1.54) is 11.6 Å². The first-order valence-corrected chi connectivity index (χ1v) is 11.8. The zero-order valence-corrected chi connectivity index (χ0v) is 20.9. The van der Waals surface area contributed by atoms with Gasteiger partial charge < -0.3 is 19.1 Å². The molecule has 0 amide bonds. The van der Waals surface area contributed by atoms with Crippen LogP contribution in [0.25, 0.3) is 0 Å². The number of rotatable bonds is 6. The minimum Gasteiger partial charge on any atom is -0.493 e. The first kappa shape index (κ1) is 23.9. The van der Waals surface area contributed by atoms with Crippen molar-refractivity contribution in [1.29, 1.82) is 0 Å². The van der Waals surface area contributed by atoms with E-state index in [-0.39, 0.29) is 16.5 Å². The van der Waals surface area contributed by atoms with E-state index in [2.05, 4.69) is 31.5 Å². The summed E-state index contributed by atoms with van der Waals surface area (Å²) in [6.07, 6.45) is 0.718. The highest BCUT2D eigenvalue weighted by atomic mass is 35.5. The second kappa shape index (κ2) is 9.21. The lowest BCUT2D eigenvalue weighted by atomic mass is 9.67. The van der Waals surface area contributed by atoms with Crippen LogP contribution in [0, 0.1) is 0 Å². The molecule has 0 fully saturated rings. The maximum absolute atomic E-state index is 12.8. The molecule has 0 aliphatic carbocycles. The predicted octanol–water partition coefficient (Wildman–Crippen LogP) is 6.05. The van der Waals surface area contributed by atoms with Crippen LogP contribution in [0.15, 0.2) is 42.5 Å². The standard InChI is InChI=1S/C26H29Cl2NO4/c1-15(2)26-10-11-29(4)14-17-6-9-21(31-5)24(23(17)26)33-22(26)12-16(3)32-25(30)19-8-7-18(27)13-20(19)28/h6-9,13,16,22H,1,10-12,14H2,2-5H3/t16-,22?,26+/m0/s1. The number of nitrogens with zero attached hydrogens (tertiary/aromatic N) is 1. The van der Waals surface area contributed by atoms with Crippen molar-refractivity contribution < 1.29 is 19.0 Å². The van der Waals surface area contributed by atoms with Gasteiger partial charge in [-0.1, -0.05) is 41.4 Å². The van der Waals surface area contributed by atoms with Gasteiger partial charge in [0.25, 0.3) is 0 Å². The van der Waals surface area contributed by atoms with Crippen molar-refractivity contribution in [2.24, 2.45) is 0 Å². The molecule has 0 saturated heterocycles. The molecule has 0 saturated carbocycles. The number of carbonyl (C=O) groups is 1. The van der Waals surface area contributed by atoms with E-state index in [9.17, 15) is 4.79 Å². The maximum Gasteiger partial charge on any atom is 0.339 e. The number of methoxy groups -OCH3 is 1. The zero-order chi connectivity index (χ0) is 23.9. The van der Waals surface area contributed by atoms with E-state index >= 15 is 0 Å². The summed E-state index contributed by atoms with van der Waals surface area (Å²) >= 11 is 12.2. The minimum atomic E-state index is -0.483. The average Bonchev–Trinajstić information content (AvgIpc) is 2.98. The van der Waals surface area contributed by atoms with E-state index < -0.39 is 12.1 Å². The van der Waals surface area contributed by atoms with Crippen LogP contribution in [0.1, 0.15) is 48.2 Å². The smallest absolute Gasteiger partial charge is 0.339 e. The van der Waals surface area contributed by atoms with Crippen molar-refractivity contribution in [3.8, 4) is 11.5 Å². The number of hydrogen-bond acceptors (Lipinski definition) is 5. The van der Waals surface area contributed by atoms with Gasteiger partial charge in [-0.25, -0.2) is 4.79 Å². The normalized spacial score (nSPS) is 22.7. The quantitative estimate of drug-likeness (QED) is 0.365. The molecule has 0 aromatic heterocycles. The third-order valence-electron chi connectivity index (χ3n) is 6.78. The summed E-state index contributed by atoms with van der Waals surface area (Å²) in [7, 11) is 3.78. The largest absolute Gasteiger partial charge is 0.493 e. The van der Waals surface area contributed by atoms with Gasteiger partial charge in [0.15, 0.2) is 11.5 Å². The Kier molecular flexibility index (Phi) is 6.68. The first-order valence-electron chi connectivity index (χ1n) is 11.0. The lowest BCUT2D eigenvalue weighted by molar-refractivity contribution is 0.0180. The van der Waals surface area contributed by atoms with Crippen molar-refractivity contribution >= 4 is 29.2 Å². The van der Waals surface area contributed by atoms with Gasteiger partial charge in [0, 0.05) is 23.6 Å². The molecule has 3 atom stereocenters. The molecule has 176 valence electrons. The number of esters is 1. The number of benzene rings is 2. The first-order chi connectivity index (χ1) is 15.7. The highest BCUT2D eigenvalue weighted by molar-refractivity contribution is 6.36. The van der Waals surface area contributed by atoms with Gasteiger partial charge in [0.2, 0.25) is 0 Å². The van der Waals surface area contributed by atoms with Crippen molar-refractivity contribution in [3.63, 3.8) is 0 Å². The van der Waals surface area contributed by atoms with Gasteiger partial charge in [-0.05, 0) is 63.7 Å². The Balaban J connectivity index is 1.64. The van der Waals surface area contributed by atoms with Crippen molar-refractivity contribution in [1.82, 2.24) is 4.90 Å². The molecule has 0 radical (unpaired) electrons. The SMILES string of the molecule is C=C(C)[C@@]12CCN(C)Cc3ccc(OC)c(c31)OC2C[C@H](C)OC(=O)c1ccc(Cl)cc1Cl. The number of halogens is 2. The molecule has 2 aromatic carbocycles. The van der Waals surface area contributed by atoms with Crippen LogP contribution >= 0.6 is 23.2 Å². The molecule has 4 rings (SSSR count). The Morgan fingerprint density at radius 1 is 1.33 bits per heavy atom. The summed E-state index contributed by atoms with van der Waals surface area (Å²) in [4.78, 5) is 15.1. The van der Waals surface area contributed by atoms with Crippen LogP contribution in [0.2, 0.25) is 10.0 Å². The third kappa shape index (κ3) is 4.23. The van der Waals surface area contributed by atoms with Crippen LogP contribution in [0.4, 0.5) is 0 Å². The lowest BCUT2D eigenvalue weighted by Crippen LogP contribution is -2.42. The highest BCUT2D eigenvalue weighted by Crippen LogP contribution is 2.56. The van der Waals surface area contributed by atoms with E-state index in [0.29, 0.717) is 22.8 Å². The molecular weight excluding hydrogens is 461 g/mol. The molecule has 7 heteroatoms. The molecule has 1 unspecified atom stereocenters. The molecule has 0 N–H and O–H groups in total. The molecular formula is C26H29Cl2NO4. The fourth-order valence-corrected chi connectivity index (χ4v) is 5.62. The molecule has 33 heavy (non-hydrogen) atoms. The Morgan fingerprint density at radius 3 is 2.76 bits per heavy atom. The summed E-state index contributed by atoms with van der Waals surface area (Å²) < 4.78 is 18.0. The van der Waals surface area contributed by atoms with E-state index in [1.54, 1.807) is 19.2 Å². The second-order valence-electron chi connectivity index (χ2n) is 9.05. The van der Waals surface area contributed by atoms with Crippen LogP contribution in [0.3, 0.4) is 0 Å². The number of hydrogen-bond donors (Lipinski definition) is 0. The van der Waals surface area contributed by atoms with Gasteiger partial charge >= 0.3 is 5.97 Å². The van der Waals surface area contributed by atoms with Gasteiger partial charge in [0.05, 0.1) is 23.1 Å². The molecule has 2 aliphatic heterocycles. The monoisotopic (exact) mass is 489 g/mol. The Bertz CT molecular complexity index is 1100. The fourth-order valence-electron chi connectivity index (χ4n) is 5.13. The predicted molar refractivity (Wildman–Crippen MR) is 131 cm³/mol. The Morgan fingerprint density at radius 2 is 2.09 bits per heavy atom. The third-order valence-corrected chi connectivity index (χ3v) is 7.33. The second-order valence-corrected chi connectivity index (χ2v) is 9.90. The summed E-state index contributed by atoms with van der Waals surface area (Å²) in [5.41, 5.74) is 3.31. The van der Waals surface area contributed by atoms with Crippen molar-refractivity contribution in [2.45, 2.75) is 50.9 Å². The molecule has 2 aliphatic rings. The minimum absolute atomic E-state index is 0.241. The molecule has 2 aromatic rings. The van der Waals surface area contributed by atoms with Crippen LogP contribution in [-0.2, 0) is 16.7 Å². The maximum atomic E-state index is 12.8. The van der Waals surface area contributed by atoms with Crippen molar-refractivity contribution in [2.75, 3.05) is 20.7 Å². The number of ether oxygens (including phenoxy) is 3. The van der Waals surface area contributed by atoms with Gasteiger partial charge in [-0.15, -0.1) is 0 Å². The van der Waals surface area contributed by atoms with Crippen LogP contribution in [-0.4, -0.2) is 43.8 Å². The van der Waals surface area contributed by atoms with E-state index in [4.69, 9.17) is 37.4 Å². The lowest BCUT2D eigenvalue weighted by Gasteiger charge is -2.36. The molecule has 0 bridgehead atoms. The molecule has 2 heterocycles. The Hall–Kier alpha value is -2.21. The van der Waals surface area contributed by atoms with Gasteiger partial charge in [-0.2, -0.15) is 0 Å². The summed E-state index contributed by atoms with van der Waals surface area (Å²) in [6, 6.07) is 8.82. The van der Waals surface area contributed by atoms with Gasteiger partial charge in [0.1, 0.15) is 12.2 Å². The average molecular weight is 490 g/mol. The fraction of sp³-hybridized carbons (Fsp3) is 0.423. The molecule has 5 nitrogen and oxygen atoms in total. The van der Waals surface area contributed by atoms with E-state index in [0.717, 1.165) is 36.4 Å². The van der Waals surface area contributed by atoms with Crippen LogP contribution in [0.5, 0.6) is 11.5 Å². The molecule has 0 spiro atoms. The highest BCUT2D eigenvalue weighted by Gasteiger charge is 2.53. The van der Waals surface area contributed by atoms with E-state index in [1.807, 2.05) is 13.0 Å². The van der Waals surface area contributed by atoms with Gasteiger partial charge in [-0.3, -0.25) is 0 Å². The Labute approximate surface area is 205 Å². The number of carbonyl (C=O) groups excluding carboxylic acids is 1. The zero-order valence-electron chi connectivity index (χ0n) is 19.4. The van der Waals surface area contributed by atoms with Crippen molar-refractivity contribution in [3.05, 3.63) is 69.2 Å². The topological polar surface area (TPSA) is 48.0 Å². The van der Waals surface area contributed by atoms with Crippen LogP contribution < -0.4 is 9.47 Å². The summed E-state index contributed by atoms with van der Waals surface area (Å²) in [5, 5.41) is 0.733.